The highest BCUT2D eigenvalue weighted by Gasteiger charge is 2.22. The van der Waals surface area contributed by atoms with Gasteiger partial charge in [-0.15, -0.1) is 0 Å². The standard InChI is InChI=1S/C12H21NO/c1-2-11-3-5-12(6-4-11)13-7-9-14-10-8-13/h3,12H,2,4-10H2,1H3. The first kappa shape index (κ1) is 10.2. The van der Waals surface area contributed by atoms with E-state index >= 15 is 0 Å². The first-order valence-corrected chi connectivity index (χ1v) is 5.90. The summed E-state index contributed by atoms with van der Waals surface area (Å²) < 4.78 is 5.38. The van der Waals surface area contributed by atoms with Gasteiger partial charge in [-0.1, -0.05) is 18.6 Å². The van der Waals surface area contributed by atoms with Crippen molar-refractivity contribution in [1.29, 1.82) is 0 Å². The predicted molar refractivity (Wildman–Crippen MR) is 58.4 cm³/mol. The van der Waals surface area contributed by atoms with E-state index in [4.69, 9.17) is 4.74 Å². The third-order valence-electron chi connectivity index (χ3n) is 3.49. The van der Waals surface area contributed by atoms with E-state index in [1.165, 1.54) is 25.7 Å². The molecule has 80 valence electrons. The smallest absolute Gasteiger partial charge is 0.0594 e. The molecule has 1 aliphatic heterocycles. The zero-order valence-electron chi connectivity index (χ0n) is 9.17. The topological polar surface area (TPSA) is 12.5 Å². The SMILES string of the molecule is CCC1=CCC(N2CCOCC2)CC1. The number of hydrogen-bond acceptors (Lipinski definition) is 2. The van der Waals surface area contributed by atoms with Crippen molar-refractivity contribution in [1.82, 2.24) is 4.90 Å². The quantitative estimate of drug-likeness (QED) is 0.626. The molecule has 0 bridgehead atoms. The Kier molecular flexibility index (Phi) is 3.60. The second-order valence-electron chi connectivity index (χ2n) is 4.29. The number of hydrogen-bond donors (Lipinski definition) is 0. The molecule has 0 aromatic rings. The Balaban J connectivity index is 1.85. The largest absolute Gasteiger partial charge is 0.379 e. The van der Waals surface area contributed by atoms with Crippen molar-refractivity contribution in [2.75, 3.05) is 26.3 Å². The predicted octanol–water partition coefficient (Wildman–Crippen LogP) is 2.21. The van der Waals surface area contributed by atoms with E-state index < -0.39 is 0 Å². The van der Waals surface area contributed by atoms with Crippen molar-refractivity contribution in [2.24, 2.45) is 0 Å². The minimum absolute atomic E-state index is 0.800. The maximum absolute atomic E-state index is 5.38. The number of ether oxygens (including phenoxy) is 1. The van der Waals surface area contributed by atoms with E-state index in [0.717, 1.165) is 32.3 Å². The molecule has 0 radical (unpaired) electrons. The molecule has 0 amide bonds. The number of allylic oxidation sites excluding steroid dienone is 1. The van der Waals surface area contributed by atoms with Gasteiger partial charge in [0.25, 0.3) is 0 Å². The van der Waals surface area contributed by atoms with Crippen LogP contribution in [0.5, 0.6) is 0 Å². The van der Waals surface area contributed by atoms with Crippen LogP contribution in [0.3, 0.4) is 0 Å². The molecule has 2 rings (SSSR count). The third-order valence-corrected chi connectivity index (χ3v) is 3.49. The Morgan fingerprint density at radius 2 is 2.21 bits per heavy atom. The molecule has 1 heterocycles. The summed E-state index contributed by atoms with van der Waals surface area (Å²) >= 11 is 0. The van der Waals surface area contributed by atoms with Gasteiger partial charge in [0.2, 0.25) is 0 Å². The molecule has 1 aliphatic carbocycles. The van der Waals surface area contributed by atoms with Crippen molar-refractivity contribution in [3.8, 4) is 0 Å². The van der Waals surface area contributed by atoms with E-state index in [-0.39, 0.29) is 0 Å². The molecule has 0 aromatic heterocycles. The van der Waals surface area contributed by atoms with Gasteiger partial charge < -0.3 is 4.74 Å². The van der Waals surface area contributed by atoms with Gasteiger partial charge in [0.1, 0.15) is 0 Å². The minimum Gasteiger partial charge on any atom is -0.379 e. The van der Waals surface area contributed by atoms with E-state index in [2.05, 4.69) is 17.9 Å². The maximum atomic E-state index is 5.38. The highest BCUT2D eigenvalue weighted by molar-refractivity contribution is 5.07. The fraction of sp³-hybridized carbons (Fsp3) is 0.833. The molecule has 1 atom stereocenters. The van der Waals surface area contributed by atoms with Gasteiger partial charge in [0, 0.05) is 19.1 Å². The Morgan fingerprint density at radius 3 is 2.79 bits per heavy atom. The summed E-state index contributed by atoms with van der Waals surface area (Å²) in [6, 6.07) is 0.800. The summed E-state index contributed by atoms with van der Waals surface area (Å²) in [6.07, 6.45) is 7.65. The maximum Gasteiger partial charge on any atom is 0.0594 e. The molecule has 2 nitrogen and oxygen atoms in total. The molecule has 0 spiro atoms. The molecule has 14 heavy (non-hydrogen) atoms. The second kappa shape index (κ2) is 4.94. The Bertz CT molecular complexity index is 206. The van der Waals surface area contributed by atoms with E-state index in [0.29, 0.717) is 0 Å². The van der Waals surface area contributed by atoms with Crippen LogP contribution in [0.4, 0.5) is 0 Å². The van der Waals surface area contributed by atoms with E-state index in [9.17, 15) is 0 Å². The van der Waals surface area contributed by atoms with Crippen LogP contribution >= 0.6 is 0 Å². The molecular formula is C12H21NO. The molecule has 0 aromatic carbocycles. The Hall–Kier alpha value is -0.340. The van der Waals surface area contributed by atoms with Crippen LogP contribution in [-0.4, -0.2) is 37.2 Å². The average molecular weight is 195 g/mol. The second-order valence-corrected chi connectivity index (χ2v) is 4.29. The van der Waals surface area contributed by atoms with E-state index in [1.54, 1.807) is 5.57 Å². The minimum atomic E-state index is 0.800. The molecule has 1 fully saturated rings. The third kappa shape index (κ3) is 2.37. The molecule has 0 saturated carbocycles. The lowest BCUT2D eigenvalue weighted by Gasteiger charge is -2.36. The molecule has 0 N–H and O–H groups in total. The van der Waals surface area contributed by atoms with Crippen LogP contribution in [0, 0.1) is 0 Å². The summed E-state index contributed by atoms with van der Waals surface area (Å²) in [5.41, 5.74) is 1.66. The van der Waals surface area contributed by atoms with E-state index in [1.807, 2.05) is 0 Å². The lowest BCUT2D eigenvalue weighted by Crippen LogP contribution is -2.44. The normalized spacial score (nSPS) is 30.1. The summed E-state index contributed by atoms with van der Waals surface area (Å²) in [4.78, 5) is 2.60. The van der Waals surface area contributed by atoms with Gasteiger partial charge >= 0.3 is 0 Å². The van der Waals surface area contributed by atoms with Crippen molar-refractivity contribution in [3.63, 3.8) is 0 Å². The number of rotatable bonds is 2. The van der Waals surface area contributed by atoms with Gasteiger partial charge in [-0.25, -0.2) is 0 Å². The molecular weight excluding hydrogens is 174 g/mol. The van der Waals surface area contributed by atoms with Gasteiger partial charge in [-0.2, -0.15) is 0 Å². The number of morpholine rings is 1. The van der Waals surface area contributed by atoms with Crippen LogP contribution in [0.2, 0.25) is 0 Å². The highest BCUT2D eigenvalue weighted by atomic mass is 16.5. The van der Waals surface area contributed by atoms with Gasteiger partial charge in [-0.3, -0.25) is 4.90 Å². The Morgan fingerprint density at radius 1 is 1.43 bits per heavy atom. The van der Waals surface area contributed by atoms with Gasteiger partial charge in [0.15, 0.2) is 0 Å². The summed E-state index contributed by atoms with van der Waals surface area (Å²) in [7, 11) is 0. The van der Waals surface area contributed by atoms with Crippen LogP contribution in [-0.2, 0) is 4.74 Å². The molecule has 1 saturated heterocycles. The summed E-state index contributed by atoms with van der Waals surface area (Å²) in [6.45, 7) is 6.41. The summed E-state index contributed by atoms with van der Waals surface area (Å²) in [5, 5.41) is 0. The van der Waals surface area contributed by atoms with Crippen molar-refractivity contribution in [3.05, 3.63) is 11.6 Å². The first-order valence-electron chi connectivity index (χ1n) is 5.90. The molecule has 2 aliphatic rings. The lowest BCUT2D eigenvalue weighted by atomic mass is 9.92. The highest BCUT2D eigenvalue weighted by Crippen LogP contribution is 2.24. The number of nitrogens with zero attached hydrogens (tertiary/aromatic N) is 1. The monoisotopic (exact) mass is 195 g/mol. The molecule has 1 unspecified atom stereocenters. The van der Waals surface area contributed by atoms with Crippen molar-refractivity contribution < 1.29 is 4.74 Å². The average Bonchev–Trinajstić information content (AvgIpc) is 2.30. The zero-order valence-corrected chi connectivity index (χ0v) is 9.17. The fourth-order valence-corrected chi connectivity index (χ4v) is 2.47. The van der Waals surface area contributed by atoms with Gasteiger partial charge in [-0.05, 0) is 25.7 Å². The Labute approximate surface area is 86.9 Å². The summed E-state index contributed by atoms with van der Waals surface area (Å²) in [5.74, 6) is 0. The molecule has 2 heteroatoms. The van der Waals surface area contributed by atoms with Crippen LogP contribution in [0.1, 0.15) is 32.6 Å². The first-order chi connectivity index (χ1) is 6.90. The van der Waals surface area contributed by atoms with Crippen LogP contribution in [0.25, 0.3) is 0 Å². The van der Waals surface area contributed by atoms with Crippen molar-refractivity contribution in [2.45, 2.75) is 38.6 Å². The van der Waals surface area contributed by atoms with Crippen LogP contribution in [0.15, 0.2) is 11.6 Å². The zero-order chi connectivity index (χ0) is 9.80. The van der Waals surface area contributed by atoms with Crippen LogP contribution < -0.4 is 0 Å². The van der Waals surface area contributed by atoms with Crippen molar-refractivity contribution >= 4 is 0 Å². The lowest BCUT2D eigenvalue weighted by molar-refractivity contribution is 0.0144. The fourth-order valence-electron chi connectivity index (χ4n) is 2.47. The van der Waals surface area contributed by atoms with Gasteiger partial charge in [0.05, 0.1) is 13.2 Å².